The Morgan fingerprint density at radius 2 is 1.68 bits per heavy atom. The van der Waals surface area contributed by atoms with E-state index < -0.39 is 10.0 Å². The van der Waals surface area contributed by atoms with Crippen LogP contribution in [0.5, 0.6) is 0 Å². The Balaban J connectivity index is 1.98. The molecule has 0 fully saturated rings. The molecule has 0 aliphatic carbocycles. The number of hydrogen-bond donors (Lipinski definition) is 1. The van der Waals surface area contributed by atoms with E-state index in [9.17, 15) is 13.2 Å². The van der Waals surface area contributed by atoms with Gasteiger partial charge in [0.05, 0.1) is 16.7 Å². The molecule has 2 aromatic carbocycles. The first-order chi connectivity index (χ1) is 13.3. The van der Waals surface area contributed by atoms with E-state index >= 15 is 0 Å². The van der Waals surface area contributed by atoms with Gasteiger partial charge in [-0.15, -0.1) is 11.8 Å². The van der Waals surface area contributed by atoms with Gasteiger partial charge in [-0.3, -0.25) is 4.79 Å². The third-order valence-corrected chi connectivity index (χ3v) is 7.79. The van der Waals surface area contributed by atoms with Crippen LogP contribution in [0.4, 0.5) is 0 Å². The van der Waals surface area contributed by atoms with Gasteiger partial charge in [-0.05, 0) is 43.2 Å². The van der Waals surface area contributed by atoms with Gasteiger partial charge in [0.25, 0.3) is 0 Å². The summed E-state index contributed by atoms with van der Waals surface area (Å²) in [5, 5.41) is 2.97. The average Bonchev–Trinajstić information content (AvgIpc) is 2.68. The number of carbonyl (C=O) groups excluding carboxylic acids is 1. The van der Waals surface area contributed by atoms with E-state index in [0.717, 1.165) is 16.0 Å². The van der Waals surface area contributed by atoms with Crippen molar-refractivity contribution in [1.29, 1.82) is 0 Å². The van der Waals surface area contributed by atoms with E-state index in [1.807, 2.05) is 52.0 Å². The van der Waals surface area contributed by atoms with Crippen LogP contribution in [0.3, 0.4) is 0 Å². The molecule has 0 saturated carbocycles. The number of nitrogens with one attached hydrogen (secondary N) is 1. The summed E-state index contributed by atoms with van der Waals surface area (Å²) in [6.45, 7) is 8.43. The molecule has 1 N–H and O–H groups in total. The van der Waals surface area contributed by atoms with Crippen molar-refractivity contribution in [2.75, 3.05) is 18.8 Å². The zero-order valence-electron chi connectivity index (χ0n) is 16.8. The Bertz CT molecular complexity index is 892. The van der Waals surface area contributed by atoms with Crippen molar-refractivity contribution in [3.05, 3.63) is 59.7 Å². The van der Waals surface area contributed by atoms with Gasteiger partial charge < -0.3 is 5.32 Å². The third kappa shape index (κ3) is 5.59. The van der Waals surface area contributed by atoms with Crippen LogP contribution < -0.4 is 5.32 Å². The van der Waals surface area contributed by atoms with Crippen LogP contribution in [0.25, 0.3) is 0 Å². The Hall–Kier alpha value is -1.83. The fraction of sp³-hybridized carbons (Fsp3) is 0.381. The van der Waals surface area contributed by atoms with Gasteiger partial charge >= 0.3 is 0 Å². The van der Waals surface area contributed by atoms with Crippen LogP contribution in [0, 0.1) is 6.92 Å². The first kappa shape index (κ1) is 22.5. The second-order valence-electron chi connectivity index (χ2n) is 6.50. The highest BCUT2D eigenvalue weighted by Crippen LogP contribution is 2.22. The lowest BCUT2D eigenvalue weighted by atomic mass is 10.1. The number of benzene rings is 2. The number of hydrogen-bond acceptors (Lipinski definition) is 4. The Morgan fingerprint density at radius 3 is 2.25 bits per heavy atom. The van der Waals surface area contributed by atoms with Crippen molar-refractivity contribution < 1.29 is 13.2 Å². The number of aryl methyl sites for hydroxylation is 1. The monoisotopic (exact) mass is 420 g/mol. The molecular formula is C21H28N2O3S2. The van der Waals surface area contributed by atoms with Gasteiger partial charge in [0.1, 0.15) is 0 Å². The summed E-state index contributed by atoms with van der Waals surface area (Å²) in [6, 6.07) is 14.5. The molecule has 0 radical (unpaired) electrons. The predicted molar refractivity (Wildman–Crippen MR) is 115 cm³/mol. The minimum Gasteiger partial charge on any atom is -0.349 e. The van der Waals surface area contributed by atoms with E-state index in [-0.39, 0.29) is 16.8 Å². The van der Waals surface area contributed by atoms with E-state index in [1.165, 1.54) is 16.1 Å². The van der Waals surface area contributed by atoms with Gasteiger partial charge in [0.2, 0.25) is 15.9 Å². The van der Waals surface area contributed by atoms with Crippen molar-refractivity contribution in [3.63, 3.8) is 0 Å². The molecule has 0 heterocycles. The fourth-order valence-corrected chi connectivity index (χ4v) is 5.17. The molecule has 28 heavy (non-hydrogen) atoms. The molecule has 5 nitrogen and oxygen atoms in total. The molecule has 0 aliphatic heterocycles. The average molecular weight is 421 g/mol. The van der Waals surface area contributed by atoms with Gasteiger partial charge in [0, 0.05) is 18.0 Å². The highest BCUT2D eigenvalue weighted by Gasteiger charge is 2.21. The summed E-state index contributed by atoms with van der Waals surface area (Å²) >= 11 is 1.51. The van der Waals surface area contributed by atoms with Gasteiger partial charge in [-0.25, -0.2) is 8.42 Å². The van der Waals surface area contributed by atoms with E-state index in [2.05, 4.69) is 5.32 Å². The molecule has 0 bridgehead atoms. The standard InChI is InChI=1S/C21H28N2O3S2/c1-5-23(6-2)28(25,26)19-13-11-18(12-14-19)17(4)22-21(24)15-27-20-10-8-7-9-16(20)3/h7-14,17H,5-6,15H2,1-4H3,(H,22,24). The van der Waals surface area contributed by atoms with Crippen LogP contribution in [-0.4, -0.2) is 37.5 Å². The van der Waals surface area contributed by atoms with Crippen LogP contribution in [0.15, 0.2) is 58.3 Å². The van der Waals surface area contributed by atoms with Gasteiger partial charge in [-0.2, -0.15) is 4.31 Å². The molecule has 0 aromatic heterocycles. The van der Waals surface area contributed by atoms with Crippen molar-refractivity contribution >= 4 is 27.7 Å². The van der Waals surface area contributed by atoms with Crippen LogP contribution in [0.1, 0.15) is 37.9 Å². The molecule has 1 amide bonds. The van der Waals surface area contributed by atoms with Crippen molar-refractivity contribution in [1.82, 2.24) is 9.62 Å². The Labute approximate surface area is 172 Å². The zero-order chi connectivity index (χ0) is 20.7. The number of amides is 1. The third-order valence-electron chi connectivity index (χ3n) is 4.55. The largest absolute Gasteiger partial charge is 0.349 e. The van der Waals surface area contributed by atoms with Crippen LogP contribution in [-0.2, 0) is 14.8 Å². The molecule has 0 aliphatic rings. The van der Waals surface area contributed by atoms with Crippen LogP contribution in [0.2, 0.25) is 0 Å². The SMILES string of the molecule is CCN(CC)S(=O)(=O)c1ccc(C(C)NC(=O)CSc2ccccc2C)cc1. The molecule has 2 aromatic rings. The summed E-state index contributed by atoms with van der Waals surface area (Å²) in [4.78, 5) is 13.6. The quantitative estimate of drug-likeness (QED) is 0.623. The summed E-state index contributed by atoms with van der Waals surface area (Å²) in [5.74, 6) is 0.282. The van der Waals surface area contributed by atoms with Crippen molar-refractivity contribution in [2.45, 2.75) is 43.5 Å². The smallest absolute Gasteiger partial charge is 0.243 e. The predicted octanol–water partition coefficient (Wildman–Crippen LogP) is 4.00. The molecule has 1 atom stereocenters. The van der Waals surface area contributed by atoms with Crippen molar-refractivity contribution in [2.24, 2.45) is 0 Å². The summed E-state index contributed by atoms with van der Waals surface area (Å²) in [7, 11) is -3.47. The number of nitrogens with zero attached hydrogens (tertiary/aromatic N) is 1. The fourth-order valence-electron chi connectivity index (χ4n) is 2.87. The topological polar surface area (TPSA) is 66.5 Å². The molecule has 152 valence electrons. The van der Waals surface area contributed by atoms with Gasteiger partial charge in [0.15, 0.2) is 0 Å². The van der Waals surface area contributed by atoms with Crippen LogP contribution >= 0.6 is 11.8 Å². The van der Waals surface area contributed by atoms with E-state index in [1.54, 1.807) is 24.3 Å². The first-order valence-electron chi connectivity index (χ1n) is 9.37. The maximum absolute atomic E-state index is 12.6. The molecule has 0 saturated heterocycles. The minimum absolute atomic E-state index is 0.0550. The lowest BCUT2D eigenvalue weighted by Gasteiger charge is -2.19. The van der Waals surface area contributed by atoms with Gasteiger partial charge in [-0.1, -0.05) is 44.2 Å². The number of thioether (sulfide) groups is 1. The summed E-state index contributed by atoms with van der Waals surface area (Å²) < 4.78 is 26.5. The van der Waals surface area contributed by atoms with Crippen molar-refractivity contribution in [3.8, 4) is 0 Å². The normalized spacial score (nSPS) is 12.8. The summed E-state index contributed by atoms with van der Waals surface area (Å²) in [6.07, 6.45) is 0. The lowest BCUT2D eigenvalue weighted by molar-refractivity contribution is -0.119. The lowest BCUT2D eigenvalue weighted by Crippen LogP contribution is -2.30. The Morgan fingerprint density at radius 1 is 1.07 bits per heavy atom. The number of rotatable bonds is 9. The molecule has 1 unspecified atom stereocenters. The Kier molecular flexibility index (Phi) is 8.10. The first-order valence-corrected chi connectivity index (χ1v) is 11.8. The molecular weight excluding hydrogens is 392 g/mol. The highest BCUT2D eigenvalue weighted by molar-refractivity contribution is 8.00. The minimum atomic E-state index is -3.47. The van der Waals surface area contributed by atoms with E-state index in [0.29, 0.717) is 18.8 Å². The summed E-state index contributed by atoms with van der Waals surface area (Å²) in [5.41, 5.74) is 2.02. The molecule has 7 heteroatoms. The highest BCUT2D eigenvalue weighted by atomic mass is 32.2. The molecule has 0 spiro atoms. The van der Waals surface area contributed by atoms with E-state index in [4.69, 9.17) is 0 Å². The maximum atomic E-state index is 12.6. The maximum Gasteiger partial charge on any atom is 0.243 e. The second-order valence-corrected chi connectivity index (χ2v) is 9.46. The number of sulfonamides is 1. The second kappa shape index (κ2) is 10.1. The zero-order valence-corrected chi connectivity index (χ0v) is 18.4. The number of carbonyl (C=O) groups is 1. The molecule has 2 rings (SSSR count).